The van der Waals surface area contributed by atoms with Crippen molar-refractivity contribution in [1.29, 1.82) is 0 Å². The first-order chi connectivity index (χ1) is 13.4. The van der Waals surface area contributed by atoms with Crippen molar-refractivity contribution in [2.75, 3.05) is 5.75 Å². The molecule has 0 unspecified atom stereocenters. The fourth-order valence-corrected chi connectivity index (χ4v) is 4.65. The molecule has 1 atom stereocenters. The maximum Gasteiger partial charge on any atom is 0.272 e. The Balaban J connectivity index is 1.99. The van der Waals surface area contributed by atoms with Gasteiger partial charge >= 0.3 is 0 Å². The van der Waals surface area contributed by atoms with Crippen molar-refractivity contribution in [2.24, 2.45) is 5.92 Å². The van der Waals surface area contributed by atoms with Gasteiger partial charge in [0.05, 0.1) is 11.3 Å². The highest BCUT2D eigenvalue weighted by atomic mass is 32.2. The van der Waals surface area contributed by atoms with E-state index in [1.807, 2.05) is 26.0 Å². The van der Waals surface area contributed by atoms with Gasteiger partial charge in [-0.05, 0) is 37.8 Å². The molecule has 0 bridgehead atoms. The number of carbonyl (C=O) groups excluding carboxylic acids is 1. The molecule has 3 rings (SSSR count). The summed E-state index contributed by atoms with van der Waals surface area (Å²) < 4.78 is 2.35. The Morgan fingerprint density at radius 2 is 2.14 bits per heavy atom. The average molecular weight is 419 g/mol. The van der Waals surface area contributed by atoms with E-state index < -0.39 is 0 Å². The maximum atomic E-state index is 13.2. The highest BCUT2D eigenvalue weighted by Crippen LogP contribution is 2.30. The van der Waals surface area contributed by atoms with E-state index in [2.05, 4.69) is 24.1 Å². The summed E-state index contributed by atoms with van der Waals surface area (Å²) in [7, 11) is 0. The van der Waals surface area contributed by atoms with Crippen molar-refractivity contribution in [3.05, 3.63) is 28.7 Å². The molecule has 0 spiro atoms. The highest BCUT2D eigenvalue weighted by Gasteiger charge is 2.18. The van der Waals surface area contributed by atoms with Gasteiger partial charge in [-0.15, -0.1) is 11.3 Å². The number of nitrogens with one attached hydrogen (secondary N) is 1. The second kappa shape index (κ2) is 9.05. The SMILES string of the molecule is CC[C@H](C)NC(=O)CSc1nc2c(sc3ncccc32)c(=O)n1CCC(C)C. The molecule has 3 aromatic rings. The number of thiophene rings is 1. The van der Waals surface area contributed by atoms with E-state index in [4.69, 9.17) is 4.98 Å². The molecule has 1 amide bonds. The molecule has 3 heterocycles. The molecule has 28 heavy (non-hydrogen) atoms. The zero-order valence-corrected chi connectivity index (χ0v) is 18.3. The lowest BCUT2D eigenvalue weighted by molar-refractivity contribution is -0.119. The van der Waals surface area contributed by atoms with Crippen molar-refractivity contribution in [2.45, 2.75) is 58.3 Å². The van der Waals surface area contributed by atoms with Gasteiger partial charge in [0.15, 0.2) is 5.16 Å². The number of carbonyl (C=O) groups is 1. The summed E-state index contributed by atoms with van der Waals surface area (Å²) in [6.45, 7) is 8.87. The standard InChI is InChI=1S/C20H26N4O2S2/c1-5-13(4)22-15(25)11-27-20-23-16-14-7-6-9-21-18(14)28-17(16)19(26)24(20)10-8-12(2)3/h6-7,9,12-13H,5,8,10-11H2,1-4H3,(H,22,25)/t13-/m0/s1. The fourth-order valence-electron chi connectivity index (χ4n) is 2.78. The smallest absolute Gasteiger partial charge is 0.272 e. The van der Waals surface area contributed by atoms with Crippen LogP contribution in [-0.4, -0.2) is 32.2 Å². The minimum atomic E-state index is -0.0431. The number of thioether (sulfide) groups is 1. The maximum absolute atomic E-state index is 13.2. The van der Waals surface area contributed by atoms with E-state index in [0.717, 1.165) is 23.1 Å². The van der Waals surface area contributed by atoms with Crippen LogP contribution >= 0.6 is 23.1 Å². The number of aromatic nitrogens is 3. The summed E-state index contributed by atoms with van der Waals surface area (Å²) in [6, 6.07) is 3.93. The fraction of sp³-hybridized carbons (Fsp3) is 0.500. The van der Waals surface area contributed by atoms with Crippen LogP contribution in [0.1, 0.15) is 40.5 Å². The minimum absolute atomic E-state index is 0.0408. The normalized spacial score (nSPS) is 12.8. The molecule has 0 aliphatic carbocycles. The number of hydrogen-bond acceptors (Lipinski definition) is 6. The summed E-state index contributed by atoms with van der Waals surface area (Å²) in [4.78, 5) is 35.4. The Morgan fingerprint density at radius 3 is 2.86 bits per heavy atom. The van der Waals surface area contributed by atoms with Crippen molar-refractivity contribution in [3.63, 3.8) is 0 Å². The third-order valence-corrected chi connectivity index (χ3v) is 6.67. The first kappa shape index (κ1) is 20.8. The first-order valence-corrected chi connectivity index (χ1v) is 11.4. The van der Waals surface area contributed by atoms with Crippen LogP contribution in [0.4, 0.5) is 0 Å². The third-order valence-electron chi connectivity index (χ3n) is 4.60. The van der Waals surface area contributed by atoms with E-state index in [1.54, 1.807) is 10.8 Å². The van der Waals surface area contributed by atoms with Crippen molar-refractivity contribution in [1.82, 2.24) is 19.9 Å². The summed E-state index contributed by atoms with van der Waals surface area (Å²) >= 11 is 2.71. The lowest BCUT2D eigenvalue weighted by Crippen LogP contribution is -2.33. The monoisotopic (exact) mass is 418 g/mol. The van der Waals surface area contributed by atoms with Gasteiger partial charge in [-0.25, -0.2) is 9.97 Å². The van der Waals surface area contributed by atoms with E-state index in [0.29, 0.717) is 27.8 Å². The molecule has 0 aliphatic rings. The Bertz CT molecular complexity index is 1040. The van der Waals surface area contributed by atoms with Gasteiger partial charge in [0.1, 0.15) is 9.53 Å². The predicted molar refractivity (Wildman–Crippen MR) is 117 cm³/mol. The molecule has 0 aliphatic heterocycles. The van der Waals surface area contributed by atoms with Gasteiger partial charge < -0.3 is 5.32 Å². The van der Waals surface area contributed by atoms with Gasteiger partial charge in [-0.1, -0.05) is 32.5 Å². The van der Waals surface area contributed by atoms with Crippen LogP contribution in [0.2, 0.25) is 0 Å². The summed E-state index contributed by atoms with van der Waals surface area (Å²) in [6.07, 6.45) is 3.49. The van der Waals surface area contributed by atoms with Crippen LogP contribution in [0.3, 0.4) is 0 Å². The number of pyridine rings is 1. The van der Waals surface area contributed by atoms with Crippen LogP contribution < -0.4 is 10.9 Å². The van der Waals surface area contributed by atoms with Crippen LogP contribution in [0.15, 0.2) is 28.3 Å². The van der Waals surface area contributed by atoms with Crippen LogP contribution in [0.5, 0.6) is 0 Å². The number of fused-ring (bicyclic) bond motifs is 3. The number of hydrogen-bond donors (Lipinski definition) is 1. The minimum Gasteiger partial charge on any atom is -0.353 e. The molecular formula is C20H26N4O2S2. The molecule has 0 saturated carbocycles. The molecule has 0 saturated heterocycles. The third kappa shape index (κ3) is 4.55. The number of rotatable bonds is 8. The molecule has 3 aromatic heterocycles. The van der Waals surface area contributed by atoms with Crippen LogP contribution in [0.25, 0.3) is 20.4 Å². The van der Waals surface area contributed by atoms with E-state index in [9.17, 15) is 9.59 Å². The summed E-state index contributed by atoms with van der Waals surface area (Å²) in [5, 5.41) is 4.45. The highest BCUT2D eigenvalue weighted by molar-refractivity contribution is 7.99. The zero-order chi connectivity index (χ0) is 20.3. The molecule has 150 valence electrons. The zero-order valence-electron chi connectivity index (χ0n) is 16.7. The van der Waals surface area contributed by atoms with E-state index >= 15 is 0 Å². The molecule has 0 aromatic carbocycles. The Hall–Kier alpha value is -1.93. The summed E-state index contributed by atoms with van der Waals surface area (Å²) in [5.41, 5.74) is 0.641. The topological polar surface area (TPSA) is 76.9 Å². The number of nitrogens with zero attached hydrogens (tertiary/aromatic N) is 3. The lowest BCUT2D eigenvalue weighted by Gasteiger charge is -2.14. The van der Waals surface area contributed by atoms with Crippen LogP contribution in [0, 0.1) is 5.92 Å². The van der Waals surface area contributed by atoms with E-state index in [-0.39, 0.29) is 23.3 Å². The van der Waals surface area contributed by atoms with Crippen LogP contribution in [-0.2, 0) is 11.3 Å². The van der Waals surface area contributed by atoms with Crippen molar-refractivity contribution >= 4 is 49.4 Å². The number of amides is 1. The molecule has 8 heteroatoms. The molecule has 6 nitrogen and oxygen atoms in total. The summed E-state index contributed by atoms with van der Waals surface area (Å²) in [5.74, 6) is 0.670. The van der Waals surface area contributed by atoms with Gasteiger partial charge in [-0.2, -0.15) is 0 Å². The van der Waals surface area contributed by atoms with Gasteiger partial charge in [-0.3, -0.25) is 14.2 Å². The quantitative estimate of drug-likeness (QED) is 0.441. The van der Waals surface area contributed by atoms with Crippen molar-refractivity contribution in [3.8, 4) is 0 Å². The second-order valence-electron chi connectivity index (χ2n) is 7.34. The average Bonchev–Trinajstić information content (AvgIpc) is 3.04. The molecule has 1 N–H and O–H groups in total. The first-order valence-electron chi connectivity index (χ1n) is 9.60. The molecule has 0 radical (unpaired) electrons. The van der Waals surface area contributed by atoms with Gasteiger partial charge in [0.25, 0.3) is 5.56 Å². The molecular weight excluding hydrogens is 392 g/mol. The Kier molecular flexibility index (Phi) is 6.72. The van der Waals surface area contributed by atoms with Gasteiger partial charge in [0, 0.05) is 24.2 Å². The largest absolute Gasteiger partial charge is 0.353 e. The van der Waals surface area contributed by atoms with Crippen molar-refractivity contribution < 1.29 is 4.79 Å². The lowest BCUT2D eigenvalue weighted by atomic mass is 10.1. The van der Waals surface area contributed by atoms with E-state index in [1.165, 1.54) is 23.1 Å². The molecule has 0 fully saturated rings. The Labute approximate surface area is 172 Å². The second-order valence-corrected chi connectivity index (χ2v) is 9.28. The van der Waals surface area contributed by atoms with Gasteiger partial charge in [0.2, 0.25) is 5.91 Å². The predicted octanol–water partition coefficient (Wildman–Crippen LogP) is 4.06. The Morgan fingerprint density at radius 1 is 1.36 bits per heavy atom.